The fourth-order valence-corrected chi connectivity index (χ4v) is 7.25. The number of thioether (sulfide) groups is 1. The van der Waals surface area contributed by atoms with Crippen LogP contribution in [-0.2, 0) is 19.1 Å². The molecule has 1 unspecified atom stereocenters. The monoisotopic (exact) mass is 504 g/mol. The second-order valence-electron chi connectivity index (χ2n) is 8.56. The molecule has 2 fully saturated rings. The molecule has 4 rings (SSSR count). The van der Waals surface area contributed by atoms with E-state index < -0.39 is 0 Å². The van der Waals surface area contributed by atoms with Gasteiger partial charge in [-0.15, -0.1) is 23.1 Å². The topological polar surface area (TPSA) is 59.6 Å². The average molecular weight is 505 g/mol. The Labute approximate surface area is 210 Å². The summed E-state index contributed by atoms with van der Waals surface area (Å²) in [5, 5.41) is 3.30. The molecule has 178 valence electrons. The quantitative estimate of drug-likeness (QED) is 0.310. The van der Waals surface area contributed by atoms with E-state index in [1.54, 1.807) is 11.3 Å². The molecule has 0 radical (unpaired) electrons. The predicted molar refractivity (Wildman–Crippen MR) is 142 cm³/mol. The third-order valence-corrected chi connectivity index (χ3v) is 9.52. The van der Waals surface area contributed by atoms with Gasteiger partial charge in [0, 0.05) is 34.9 Å². The number of benzene rings is 1. The van der Waals surface area contributed by atoms with Crippen LogP contribution in [0.4, 0.5) is 5.69 Å². The van der Waals surface area contributed by atoms with Gasteiger partial charge in [0.2, 0.25) is 5.91 Å². The molecule has 1 amide bonds. The van der Waals surface area contributed by atoms with Crippen LogP contribution < -0.4 is 10.8 Å². The maximum atomic E-state index is 12.9. The van der Waals surface area contributed by atoms with E-state index >= 15 is 0 Å². The highest BCUT2D eigenvalue weighted by atomic mass is 32.2. The van der Waals surface area contributed by atoms with Gasteiger partial charge < -0.3 is 10.1 Å². The van der Waals surface area contributed by atoms with Crippen LogP contribution in [0.3, 0.4) is 0 Å². The Kier molecular flexibility index (Phi) is 8.82. The third kappa shape index (κ3) is 6.57. The maximum Gasteiger partial charge on any atom is 0.245 e. The summed E-state index contributed by atoms with van der Waals surface area (Å²) in [5.74, 6) is 0.994. The van der Waals surface area contributed by atoms with Crippen LogP contribution >= 0.6 is 35.3 Å². The van der Waals surface area contributed by atoms with Crippen LogP contribution in [0.15, 0.2) is 36.4 Å². The van der Waals surface area contributed by atoms with Crippen LogP contribution in [0.1, 0.15) is 63.2 Å². The Hall–Kier alpha value is -1.45. The highest BCUT2D eigenvalue weighted by Gasteiger charge is 2.38. The molecule has 2 aliphatic heterocycles. The molecule has 2 atom stereocenters. The van der Waals surface area contributed by atoms with Crippen molar-refractivity contribution < 1.29 is 14.4 Å². The van der Waals surface area contributed by atoms with E-state index in [-0.39, 0.29) is 16.9 Å². The van der Waals surface area contributed by atoms with Gasteiger partial charge in [-0.3, -0.25) is 4.79 Å². The molecule has 3 heterocycles. The van der Waals surface area contributed by atoms with Crippen molar-refractivity contribution in [3.63, 3.8) is 0 Å². The molecule has 1 aromatic heterocycles. The molecule has 2 N–H and O–H groups in total. The molecule has 0 spiro atoms. The predicted octanol–water partition coefficient (Wildman–Crippen LogP) is 6.64. The minimum absolute atomic E-state index is 0.0761. The number of anilines is 1. The normalized spacial score (nSPS) is 23.1. The first-order valence-corrected chi connectivity index (χ1v) is 14.0. The van der Waals surface area contributed by atoms with Crippen molar-refractivity contribution in [2.75, 3.05) is 17.7 Å². The van der Waals surface area contributed by atoms with Crippen LogP contribution in [0, 0.1) is 0 Å². The fraction of sp³-hybridized carbons (Fsp3) is 0.520. The van der Waals surface area contributed by atoms with E-state index in [1.807, 2.05) is 17.8 Å². The lowest BCUT2D eigenvalue weighted by Gasteiger charge is -2.35. The van der Waals surface area contributed by atoms with Gasteiger partial charge in [0.05, 0.1) is 9.74 Å². The number of amides is 1. The summed E-state index contributed by atoms with van der Waals surface area (Å²) >= 11 is 9.03. The van der Waals surface area contributed by atoms with Crippen LogP contribution in [0.25, 0.3) is 10.4 Å². The highest BCUT2D eigenvalue weighted by Crippen LogP contribution is 2.51. The van der Waals surface area contributed by atoms with Gasteiger partial charge in [-0.05, 0) is 67.7 Å². The molecule has 0 bridgehead atoms. The molecule has 8 heteroatoms. The lowest BCUT2D eigenvalue weighted by atomic mass is 9.94. The van der Waals surface area contributed by atoms with E-state index in [0.29, 0.717) is 13.0 Å². The summed E-state index contributed by atoms with van der Waals surface area (Å²) in [7, 11) is 0. The lowest BCUT2D eigenvalue weighted by molar-refractivity contribution is -0.200. The van der Waals surface area contributed by atoms with Gasteiger partial charge in [-0.25, -0.2) is 10.3 Å². The summed E-state index contributed by atoms with van der Waals surface area (Å²) in [6.07, 6.45) is 7.18. The van der Waals surface area contributed by atoms with E-state index in [1.165, 1.54) is 16.2 Å². The average Bonchev–Trinajstić information content (AvgIpc) is 3.35. The number of thiophene rings is 1. The second-order valence-corrected chi connectivity index (χ2v) is 11.6. The number of carbonyl (C=O) groups is 1. The number of rotatable bonds is 8. The van der Waals surface area contributed by atoms with Gasteiger partial charge in [-0.1, -0.05) is 37.7 Å². The molecule has 2 aromatic rings. The van der Waals surface area contributed by atoms with E-state index in [2.05, 4.69) is 48.1 Å². The van der Waals surface area contributed by atoms with Crippen molar-refractivity contribution >= 4 is 51.9 Å². The molecule has 0 saturated carbocycles. The van der Waals surface area contributed by atoms with Gasteiger partial charge in [0.1, 0.15) is 0 Å². The van der Waals surface area contributed by atoms with E-state index in [0.717, 1.165) is 60.5 Å². The standard InChI is InChI=1S/C25H32N2O3S3/c1-2-23(31)26-19-9-7-8-18(16-19)20-11-12-21(33-20)25(13-4-6-15-32-25)17-22(28)27-30-24-10-3-5-14-29-24/h7-9,11-12,16,24H,2-6,10,13-15,17H2,1H3,(H,26,31)(H,27,28)/t24?,25-/m0/s1. The van der Waals surface area contributed by atoms with Crippen LogP contribution in [0.5, 0.6) is 0 Å². The minimum atomic E-state index is -0.326. The van der Waals surface area contributed by atoms with Gasteiger partial charge in [0.25, 0.3) is 0 Å². The summed E-state index contributed by atoms with van der Waals surface area (Å²) in [6.45, 7) is 2.74. The number of hydroxylamine groups is 1. The molecule has 0 aliphatic carbocycles. The zero-order valence-electron chi connectivity index (χ0n) is 19.1. The van der Waals surface area contributed by atoms with Crippen molar-refractivity contribution in [3.05, 3.63) is 41.3 Å². The summed E-state index contributed by atoms with van der Waals surface area (Å²) in [4.78, 5) is 21.7. The third-order valence-electron chi connectivity index (χ3n) is 6.05. The van der Waals surface area contributed by atoms with E-state index in [9.17, 15) is 4.79 Å². The van der Waals surface area contributed by atoms with Gasteiger partial charge in [0.15, 0.2) is 6.29 Å². The largest absolute Gasteiger partial charge is 0.350 e. The molecule has 33 heavy (non-hydrogen) atoms. The van der Waals surface area contributed by atoms with E-state index in [4.69, 9.17) is 21.8 Å². The fourth-order valence-electron chi connectivity index (χ4n) is 4.24. The van der Waals surface area contributed by atoms with Crippen LogP contribution in [-0.4, -0.2) is 29.5 Å². The summed E-state index contributed by atoms with van der Waals surface area (Å²) in [6, 6.07) is 12.7. The number of hydrogen-bond donors (Lipinski definition) is 2. The summed E-state index contributed by atoms with van der Waals surface area (Å²) < 4.78 is 5.36. The number of ether oxygens (including phenoxy) is 1. The Balaban J connectivity index is 1.47. The highest BCUT2D eigenvalue weighted by molar-refractivity contribution is 8.00. The first-order valence-electron chi connectivity index (χ1n) is 11.8. The van der Waals surface area contributed by atoms with Crippen molar-refractivity contribution in [2.24, 2.45) is 0 Å². The summed E-state index contributed by atoms with van der Waals surface area (Å²) in [5.41, 5.74) is 4.84. The Morgan fingerprint density at radius 2 is 2.15 bits per heavy atom. The van der Waals surface area contributed by atoms with Gasteiger partial charge in [-0.2, -0.15) is 0 Å². The maximum absolute atomic E-state index is 12.9. The number of nitrogens with one attached hydrogen (secondary N) is 2. The lowest BCUT2D eigenvalue weighted by Crippen LogP contribution is -2.37. The Morgan fingerprint density at radius 3 is 2.91 bits per heavy atom. The molecule has 2 saturated heterocycles. The number of thiocarbonyl (C=S) groups is 1. The first kappa shape index (κ1) is 24.7. The Morgan fingerprint density at radius 1 is 1.24 bits per heavy atom. The number of carbonyl (C=O) groups excluding carboxylic acids is 1. The molecular weight excluding hydrogens is 472 g/mol. The number of hydrogen-bond acceptors (Lipinski definition) is 6. The molecule has 5 nitrogen and oxygen atoms in total. The van der Waals surface area contributed by atoms with Crippen LogP contribution in [0.2, 0.25) is 0 Å². The molecular formula is C25H32N2O3S3. The SMILES string of the molecule is CCC(=S)Nc1cccc(-c2ccc([C@@]3(CC(=O)NOC4CCCCO4)CCCCS3)s2)c1. The second kappa shape index (κ2) is 11.8. The van der Waals surface area contributed by atoms with Gasteiger partial charge >= 0.3 is 0 Å². The molecule has 1 aromatic carbocycles. The first-order chi connectivity index (χ1) is 16.1. The van der Waals surface area contributed by atoms with Crippen molar-refractivity contribution in [3.8, 4) is 10.4 Å². The smallest absolute Gasteiger partial charge is 0.245 e. The minimum Gasteiger partial charge on any atom is -0.350 e. The molecule has 2 aliphatic rings. The Bertz CT molecular complexity index is 950. The van der Waals surface area contributed by atoms with Crippen molar-refractivity contribution in [2.45, 2.75) is 69.3 Å². The zero-order valence-corrected chi connectivity index (χ0v) is 21.5. The van der Waals surface area contributed by atoms with Crippen molar-refractivity contribution in [1.82, 2.24) is 5.48 Å². The van der Waals surface area contributed by atoms with Crippen molar-refractivity contribution in [1.29, 1.82) is 0 Å². The zero-order chi connectivity index (χ0) is 23.1.